The van der Waals surface area contributed by atoms with Crippen molar-refractivity contribution in [3.05, 3.63) is 42.1 Å². The predicted molar refractivity (Wildman–Crippen MR) is 86.6 cm³/mol. The van der Waals surface area contributed by atoms with Gasteiger partial charge >= 0.3 is 0 Å². The minimum Gasteiger partial charge on any atom is -0.340 e. The Kier molecular flexibility index (Phi) is 4.95. The Morgan fingerprint density at radius 2 is 2.00 bits per heavy atom. The molecule has 0 aliphatic rings. The van der Waals surface area contributed by atoms with E-state index in [0.717, 1.165) is 5.39 Å². The third-order valence-electron chi connectivity index (χ3n) is 3.33. The first-order valence-electron chi connectivity index (χ1n) is 7.38. The maximum Gasteiger partial charge on any atom is 0.270 e. The second-order valence-corrected chi connectivity index (χ2v) is 6.67. The highest BCUT2D eigenvalue weighted by molar-refractivity contribution is 5.89. The van der Waals surface area contributed by atoms with Gasteiger partial charge in [0.05, 0.1) is 5.52 Å². The quantitative estimate of drug-likeness (QED) is 0.596. The largest absolute Gasteiger partial charge is 0.340 e. The third kappa shape index (κ3) is 4.50. The molecule has 2 amide bonds. The standard InChI is InChI=1S/C17H21N3O3/c1-17(2,3)10-14(21)19-15(16(22)20-23)12-7-6-11-5-4-8-18-13(11)9-12/h4-9,15,23H,10H2,1-3H3,(H,19,21)(H,20,22)/t15-/m1/s1. The van der Waals surface area contributed by atoms with E-state index in [4.69, 9.17) is 5.21 Å². The molecule has 0 unspecified atom stereocenters. The number of nitrogens with one attached hydrogen (secondary N) is 2. The van der Waals surface area contributed by atoms with E-state index in [1.54, 1.807) is 23.8 Å². The fraction of sp³-hybridized carbons (Fsp3) is 0.353. The Labute approximate surface area is 134 Å². The van der Waals surface area contributed by atoms with Crippen molar-refractivity contribution in [2.24, 2.45) is 5.41 Å². The van der Waals surface area contributed by atoms with Crippen molar-refractivity contribution in [2.75, 3.05) is 0 Å². The molecular weight excluding hydrogens is 294 g/mol. The molecule has 3 N–H and O–H groups in total. The predicted octanol–water partition coefficient (Wildman–Crippen LogP) is 2.33. The number of fused-ring (bicyclic) bond motifs is 1. The fourth-order valence-corrected chi connectivity index (χ4v) is 2.32. The number of rotatable bonds is 4. The van der Waals surface area contributed by atoms with E-state index in [-0.39, 0.29) is 17.7 Å². The maximum atomic E-state index is 12.1. The molecule has 2 rings (SSSR count). The van der Waals surface area contributed by atoms with E-state index < -0.39 is 11.9 Å². The van der Waals surface area contributed by atoms with Gasteiger partial charge in [0.1, 0.15) is 6.04 Å². The van der Waals surface area contributed by atoms with Crippen LogP contribution in [0.25, 0.3) is 10.9 Å². The van der Waals surface area contributed by atoms with Crippen molar-refractivity contribution >= 4 is 22.7 Å². The number of hydrogen-bond donors (Lipinski definition) is 3. The molecule has 1 aromatic carbocycles. The lowest BCUT2D eigenvalue weighted by Gasteiger charge is -2.21. The van der Waals surface area contributed by atoms with Crippen LogP contribution < -0.4 is 10.8 Å². The van der Waals surface area contributed by atoms with Crippen LogP contribution in [0.2, 0.25) is 0 Å². The molecule has 2 aromatic rings. The summed E-state index contributed by atoms with van der Waals surface area (Å²) < 4.78 is 0. The molecule has 23 heavy (non-hydrogen) atoms. The first-order chi connectivity index (χ1) is 10.8. The monoisotopic (exact) mass is 315 g/mol. The van der Waals surface area contributed by atoms with Crippen molar-refractivity contribution in [1.82, 2.24) is 15.8 Å². The summed E-state index contributed by atoms with van der Waals surface area (Å²) in [6.45, 7) is 5.81. The van der Waals surface area contributed by atoms with E-state index in [2.05, 4.69) is 10.3 Å². The normalized spacial score (nSPS) is 12.7. The molecule has 0 spiro atoms. The second-order valence-electron chi connectivity index (χ2n) is 6.67. The molecule has 1 heterocycles. The molecule has 1 atom stereocenters. The summed E-state index contributed by atoms with van der Waals surface area (Å²) in [6.07, 6.45) is 1.93. The van der Waals surface area contributed by atoms with Crippen LogP contribution in [0.3, 0.4) is 0 Å². The van der Waals surface area contributed by atoms with Crippen LogP contribution in [-0.4, -0.2) is 22.0 Å². The van der Waals surface area contributed by atoms with E-state index in [1.807, 2.05) is 39.0 Å². The minimum absolute atomic E-state index is 0.199. The molecule has 0 bridgehead atoms. The molecule has 122 valence electrons. The van der Waals surface area contributed by atoms with Gasteiger partial charge in [-0.3, -0.25) is 19.8 Å². The van der Waals surface area contributed by atoms with Gasteiger partial charge < -0.3 is 5.32 Å². The number of carbonyl (C=O) groups is 2. The summed E-state index contributed by atoms with van der Waals surface area (Å²) in [7, 11) is 0. The van der Waals surface area contributed by atoms with Crippen LogP contribution >= 0.6 is 0 Å². The van der Waals surface area contributed by atoms with Gasteiger partial charge in [-0.25, -0.2) is 5.48 Å². The summed E-state index contributed by atoms with van der Waals surface area (Å²) in [4.78, 5) is 28.3. The lowest BCUT2D eigenvalue weighted by Crippen LogP contribution is -2.40. The number of hydroxylamine groups is 1. The van der Waals surface area contributed by atoms with Gasteiger partial charge in [-0.2, -0.15) is 0 Å². The average molecular weight is 315 g/mol. The van der Waals surface area contributed by atoms with E-state index in [1.165, 1.54) is 0 Å². The number of hydrogen-bond acceptors (Lipinski definition) is 4. The number of carbonyl (C=O) groups excluding carboxylic acids is 2. The zero-order chi connectivity index (χ0) is 17.0. The lowest BCUT2D eigenvalue weighted by atomic mass is 9.91. The summed E-state index contributed by atoms with van der Waals surface area (Å²) in [5.41, 5.74) is 2.68. The Morgan fingerprint density at radius 3 is 2.65 bits per heavy atom. The minimum atomic E-state index is -0.971. The number of benzene rings is 1. The Balaban J connectivity index is 2.29. The number of aromatic nitrogens is 1. The smallest absolute Gasteiger partial charge is 0.270 e. The van der Waals surface area contributed by atoms with E-state index >= 15 is 0 Å². The molecule has 6 heteroatoms. The Hall–Kier alpha value is -2.47. The first kappa shape index (κ1) is 16.9. The highest BCUT2D eigenvalue weighted by Gasteiger charge is 2.25. The van der Waals surface area contributed by atoms with Crippen LogP contribution in [0.1, 0.15) is 38.8 Å². The second kappa shape index (κ2) is 6.75. The Morgan fingerprint density at radius 1 is 1.26 bits per heavy atom. The first-order valence-corrected chi connectivity index (χ1v) is 7.38. The molecule has 0 saturated carbocycles. The van der Waals surface area contributed by atoms with Crippen molar-refractivity contribution in [2.45, 2.75) is 33.2 Å². The van der Waals surface area contributed by atoms with Crippen LogP contribution in [0.15, 0.2) is 36.5 Å². The zero-order valence-electron chi connectivity index (χ0n) is 13.5. The topological polar surface area (TPSA) is 91.3 Å². The van der Waals surface area contributed by atoms with Gasteiger partial charge in [0.2, 0.25) is 5.91 Å². The van der Waals surface area contributed by atoms with Crippen LogP contribution in [0, 0.1) is 5.41 Å². The molecule has 0 aliphatic carbocycles. The van der Waals surface area contributed by atoms with Gasteiger partial charge in [-0.15, -0.1) is 0 Å². The van der Waals surface area contributed by atoms with Gasteiger partial charge in [-0.1, -0.05) is 39.0 Å². The van der Waals surface area contributed by atoms with Gasteiger partial charge in [0, 0.05) is 18.0 Å². The molecule has 6 nitrogen and oxygen atoms in total. The summed E-state index contributed by atoms with van der Waals surface area (Å²) in [6, 6.07) is 8.05. The number of amides is 2. The van der Waals surface area contributed by atoms with E-state index in [0.29, 0.717) is 11.1 Å². The molecule has 0 aliphatic heterocycles. The average Bonchev–Trinajstić information content (AvgIpc) is 2.49. The van der Waals surface area contributed by atoms with Crippen molar-refractivity contribution < 1.29 is 14.8 Å². The molecule has 0 radical (unpaired) electrons. The molecule has 0 saturated heterocycles. The summed E-state index contributed by atoms with van der Waals surface area (Å²) in [5, 5.41) is 12.6. The van der Waals surface area contributed by atoms with Crippen molar-refractivity contribution in [1.29, 1.82) is 0 Å². The summed E-state index contributed by atoms with van der Waals surface area (Å²) >= 11 is 0. The van der Waals surface area contributed by atoms with Crippen molar-refractivity contribution in [3.8, 4) is 0 Å². The number of nitrogens with zero attached hydrogens (tertiary/aromatic N) is 1. The fourth-order valence-electron chi connectivity index (χ4n) is 2.32. The maximum absolute atomic E-state index is 12.1. The molecular formula is C17H21N3O3. The SMILES string of the molecule is CC(C)(C)CC(=O)N[C@@H](C(=O)NO)c1ccc2cccnc2c1. The van der Waals surface area contributed by atoms with Gasteiger partial charge in [-0.05, 0) is 23.1 Å². The van der Waals surface area contributed by atoms with Crippen LogP contribution in [0.4, 0.5) is 0 Å². The highest BCUT2D eigenvalue weighted by atomic mass is 16.5. The highest BCUT2D eigenvalue weighted by Crippen LogP contribution is 2.22. The molecule has 1 aromatic heterocycles. The lowest BCUT2D eigenvalue weighted by molar-refractivity contribution is -0.135. The number of pyridine rings is 1. The Bertz CT molecular complexity index is 722. The molecule has 0 fully saturated rings. The van der Waals surface area contributed by atoms with Crippen LogP contribution in [-0.2, 0) is 9.59 Å². The van der Waals surface area contributed by atoms with E-state index in [9.17, 15) is 9.59 Å². The van der Waals surface area contributed by atoms with Gasteiger partial charge in [0.25, 0.3) is 5.91 Å². The summed E-state index contributed by atoms with van der Waals surface area (Å²) in [5.74, 6) is -0.949. The van der Waals surface area contributed by atoms with Gasteiger partial charge in [0.15, 0.2) is 0 Å². The third-order valence-corrected chi connectivity index (χ3v) is 3.33. The van der Waals surface area contributed by atoms with Crippen LogP contribution in [0.5, 0.6) is 0 Å². The zero-order valence-corrected chi connectivity index (χ0v) is 13.5. The van der Waals surface area contributed by atoms with Crippen molar-refractivity contribution in [3.63, 3.8) is 0 Å².